The topological polar surface area (TPSA) is 24.9 Å². The lowest BCUT2D eigenvalue weighted by molar-refractivity contribution is 1.42. The summed E-state index contributed by atoms with van der Waals surface area (Å²) in [4.78, 5) is 4.57. The number of nitrogens with zero attached hydrogens (tertiary/aromatic N) is 1. The fourth-order valence-corrected chi connectivity index (χ4v) is 5.02. The maximum absolute atomic E-state index is 4.57. The van der Waals surface area contributed by atoms with E-state index in [9.17, 15) is 0 Å². The van der Waals surface area contributed by atoms with Crippen molar-refractivity contribution in [2.24, 2.45) is 0 Å². The van der Waals surface area contributed by atoms with Gasteiger partial charge < -0.3 is 5.32 Å². The van der Waals surface area contributed by atoms with Gasteiger partial charge in [-0.3, -0.25) is 0 Å². The Kier molecular flexibility index (Phi) is 3.93. The number of nitrogens with one attached hydrogen (secondary N) is 1. The maximum atomic E-state index is 4.57. The number of hydrogen-bond donors (Lipinski definition) is 1. The molecule has 0 bridgehead atoms. The SMILES string of the molecule is Brc1cc(Br)c(Nc2nc3ccccc3s2)c(Br)c1. The van der Waals surface area contributed by atoms with E-state index in [1.165, 1.54) is 4.70 Å². The molecule has 0 radical (unpaired) electrons. The average molecular weight is 463 g/mol. The summed E-state index contributed by atoms with van der Waals surface area (Å²) in [6.45, 7) is 0. The molecule has 96 valence electrons. The Morgan fingerprint density at radius 2 is 1.68 bits per heavy atom. The molecule has 0 saturated heterocycles. The first-order valence-corrected chi connectivity index (χ1v) is 8.60. The molecule has 2 aromatic carbocycles. The second-order valence-corrected chi connectivity index (χ2v) is 7.51. The summed E-state index contributed by atoms with van der Waals surface area (Å²) in [6, 6.07) is 12.1. The molecule has 1 aromatic heterocycles. The average Bonchev–Trinajstić information content (AvgIpc) is 2.76. The largest absolute Gasteiger partial charge is 0.330 e. The van der Waals surface area contributed by atoms with Gasteiger partial charge in [0.25, 0.3) is 0 Å². The van der Waals surface area contributed by atoms with Crippen LogP contribution in [0, 0.1) is 0 Å². The first-order chi connectivity index (χ1) is 9.13. The normalized spacial score (nSPS) is 10.9. The van der Waals surface area contributed by atoms with Crippen molar-refractivity contribution in [1.82, 2.24) is 4.98 Å². The highest BCUT2D eigenvalue weighted by Crippen LogP contribution is 2.37. The Morgan fingerprint density at radius 1 is 1.00 bits per heavy atom. The molecule has 0 aliphatic heterocycles. The number of halogens is 3. The third kappa shape index (κ3) is 2.86. The van der Waals surface area contributed by atoms with Crippen molar-refractivity contribution in [1.29, 1.82) is 0 Å². The minimum Gasteiger partial charge on any atom is -0.330 e. The van der Waals surface area contributed by atoms with Crippen LogP contribution < -0.4 is 5.32 Å². The van der Waals surface area contributed by atoms with E-state index in [1.807, 2.05) is 30.3 Å². The fourth-order valence-electron chi connectivity index (χ4n) is 1.69. The van der Waals surface area contributed by atoms with Crippen LogP contribution in [-0.2, 0) is 0 Å². The van der Waals surface area contributed by atoms with Gasteiger partial charge in [-0.25, -0.2) is 4.98 Å². The number of fused-ring (bicyclic) bond motifs is 1. The van der Waals surface area contributed by atoms with Gasteiger partial charge in [-0.2, -0.15) is 0 Å². The van der Waals surface area contributed by atoms with Crippen LogP contribution in [0.25, 0.3) is 10.2 Å². The van der Waals surface area contributed by atoms with Crippen molar-refractivity contribution >= 4 is 80.2 Å². The van der Waals surface area contributed by atoms with E-state index in [2.05, 4.69) is 64.2 Å². The van der Waals surface area contributed by atoms with Crippen molar-refractivity contribution in [2.75, 3.05) is 5.32 Å². The lowest BCUT2D eigenvalue weighted by Gasteiger charge is -2.08. The summed E-state index contributed by atoms with van der Waals surface area (Å²) in [5, 5.41) is 4.23. The third-order valence-electron chi connectivity index (χ3n) is 2.53. The molecular weight excluding hydrogens is 456 g/mol. The molecule has 0 saturated carbocycles. The molecule has 0 unspecified atom stereocenters. The highest BCUT2D eigenvalue weighted by atomic mass is 79.9. The van der Waals surface area contributed by atoms with Crippen LogP contribution in [0.2, 0.25) is 0 Å². The lowest BCUT2D eigenvalue weighted by Crippen LogP contribution is -1.92. The Hall–Kier alpha value is -0.430. The first-order valence-electron chi connectivity index (χ1n) is 5.40. The molecular formula is C13H7Br3N2S. The molecule has 1 heterocycles. The number of rotatable bonds is 2. The molecule has 0 atom stereocenters. The van der Waals surface area contributed by atoms with Crippen molar-refractivity contribution in [3.8, 4) is 0 Å². The minimum atomic E-state index is 0.880. The Morgan fingerprint density at radius 3 is 2.37 bits per heavy atom. The zero-order valence-electron chi connectivity index (χ0n) is 9.45. The molecule has 0 aliphatic carbocycles. The quantitative estimate of drug-likeness (QED) is 0.481. The minimum absolute atomic E-state index is 0.880. The number of thiazole rings is 1. The maximum Gasteiger partial charge on any atom is 0.188 e. The molecule has 2 nitrogen and oxygen atoms in total. The second-order valence-electron chi connectivity index (χ2n) is 3.86. The zero-order chi connectivity index (χ0) is 13.4. The molecule has 3 aromatic rings. The summed E-state index contributed by atoms with van der Waals surface area (Å²) >= 11 is 12.2. The van der Waals surface area contributed by atoms with E-state index in [0.717, 1.165) is 29.8 Å². The molecule has 3 rings (SSSR count). The van der Waals surface area contributed by atoms with Gasteiger partial charge in [0.2, 0.25) is 0 Å². The van der Waals surface area contributed by atoms with Crippen molar-refractivity contribution in [3.05, 3.63) is 49.8 Å². The predicted molar refractivity (Wildman–Crippen MR) is 92.4 cm³/mol. The van der Waals surface area contributed by atoms with Crippen LogP contribution in [0.3, 0.4) is 0 Å². The van der Waals surface area contributed by atoms with Gasteiger partial charge in [0.1, 0.15) is 0 Å². The number of benzene rings is 2. The Labute approximate surface area is 139 Å². The number of hydrogen-bond acceptors (Lipinski definition) is 3. The van der Waals surface area contributed by atoms with Gasteiger partial charge in [-0.05, 0) is 56.1 Å². The number of para-hydroxylation sites is 1. The molecule has 1 N–H and O–H groups in total. The second kappa shape index (κ2) is 5.52. The first kappa shape index (κ1) is 13.5. The molecule has 0 aliphatic rings. The third-order valence-corrected chi connectivity index (χ3v) is 5.19. The summed E-state index contributed by atoms with van der Waals surface area (Å²) in [5.41, 5.74) is 1.99. The van der Waals surface area contributed by atoms with Crippen molar-refractivity contribution < 1.29 is 0 Å². The van der Waals surface area contributed by atoms with E-state index in [4.69, 9.17) is 0 Å². The smallest absolute Gasteiger partial charge is 0.188 e. The van der Waals surface area contributed by atoms with Crippen LogP contribution in [0.4, 0.5) is 10.8 Å². The van der Waals surface area contributed by atoms with E-state index in [1.54, 1.807) is 11.3 Å². The molecule has 19 heavy (non-hydrogen) atoms. The van der Waals surface area contributed by atoms with Gasteiger partial charge in [0.15, 0.2) is 5.13 Å². The van der Waals surface area contributed by atoms with Crippen LogP contribution in [0.5, 0.6) is 0 Å². The van der Waals surface area contributed by atoms with Gasteiger partial charge in [0.05, 0.1) is 15.9 Å². The van der Waals surface area contributed by atoms with Gasteiger partial charge in [-0.1, -0.05) is 39.4 Å². The summed E-state index contributed by atoms with van der Waals surface area (Å²) in [5.74, 6) is 0. The zero-order valence-corrected chi connectivity index (χ0v) is 15.0. The molecule has 6 heteroatoms. The summed E-state index contributed by atoms with van der Waals surface area (Å²) in [7, 11) is 0. The highest BCUT2D eigenvalue weighted by molar-refractivity contribution is 9.11. The van der Waals surface area contributed by atoms with Crippen LogP contribution in [0.1, 0.15) is 0 Å². The monoisotopic (exact) mass is 460 g/mol. The summed E-state index contributed by atoms with van der Waals surface area (Å²) < 4.78 is 4.15. The molecule has 0 amide bonds. The van der Waals surface area contributed by atoms with Gasteiger partial charge in [0, 0.05) is 13.4 Å². The Balaban J connectivity index is 2.01. The molecule has 0 spiro atoms. The highest BCUT2D eigenvalue weighted by Gasteiger charge is 2.10. The van der Waals surface area contributed by atoms with Crippen LogP contribution in [0.15, 0.2) is 49.8 Å². The van der Waals surface area contributed by atoms with E-state index in [0.29, 0.717) is 0 Å². The van der Waals surface area contributed by atoms with Crippen molar-refractivity contribution in [3.63, 3.8) is 0 Å². The van der Waals surface area contributed by atoms with Gasteiger partial charge in [-0.15, -0.1) is 0 Å². The van der Waals surface area contributed by atoms with E-state index < -0.39 is 0 Å². The number of anilines is 2. The standard InChI is InChI=1S/C13H7Br3N2S/c14-7-5-8(15)12(9(16)6-7)18-13-17-10-3-1-2-4-11(10)19-13/h1-6H,(H,17,18). The van der Waals surface area contributed by atoms with Gasteiger partial charge >= 0.3 is 0 Å². The predicted octanol–water partition coefficient (Wildman–Crippen LogP) is 6.33. The van der Waals surface area contributed by atoms with Crippen molar-refractivity contribution in [2.45, 2.75) is 0 Å². The fraction of sp³-hybridized carbons (Fsp3) is 0. The van der Waals surface area contributed by atoms with E-state index >= 15 is 0 Å². The molecule has 0 fully saturated rings. The Bertz CT molecular complexity index is 698. The van der Waals surface area contributed by atoms with Crippen LogP contribution in [-0.4, -0.2) is 4.98 Å². The lowest BCUT2D eigenvalue weighted by atomic mass is 10.3. The number of aromatic nitrogens is 1. The van der Waals surface area contributed by atoms with Crippen LogP contribution >= 0.6 is 59.1 Å². The summed E-state index contributed by atoms with van der Waals surface area (Å²) in [6.07, 6.45) is 0. The van der Waals surface area contributed by atoms with E-state index in [-0.39, 0.29) is 0 Å².